The van der Waals surface area contributed by atoms with Gasteiger partial charge in [-0.2, -0.15) is 0 Å². The zero-order valence-corrected chi connectivity index (χ0v) is 12.9. The Labute approximate surface area is 126 Å². The predicted octanol–water partition coefficient (Wildman–Crippen LogP) is 3.50. The molecule has 0 aliphatic carbocycles. The zero-order valence-electron chi connectivity index (χ0n) is 12.9. The summed E-state index contributed by atoms with van der Waals surface area (Å²) >= 11 is 0. The Morgan fingerprint density at radius 1 is 1.05 bits per heavy atom. The summed E-state index contributed by atoms with van der Waals surface area (Å²) in [6.07, 6.45) is -0.452. The summed E-state index contributed by atoms with van der Waals surface area (Å²) < 4.78 is 5.17. The molecule has 0 radical (unpaired) electrons. The van der Waals surface area contributed by atoms with Crippen molar-refractivity contribution in [3.05, 3.63) is 60.2 Å². The van der Waals surface area contributed by atoms with Gasteiger partial charge in [-0.25, -0.2) is 0 Å². The third-order valence-corrected chi connectivity index (χ3v) is 3.76. The quantitative estimate of drug-likeness (QED) is 0.881. The summed E-state index contributed by atoms with van der Waals surface area (Å²) in [6.45, 7) is 2.85. The molecule has 0 bridgehead atoms. The van der Waals surface area contributed by atoms with Crippen molar-refractivity contribution in [3.8, 4) is 5.75 Å². The highest BCUT2D eigenvalue weighted by Gasteiger charge is 2.18. The molecule has 0 amide bonds. The Kier molecular flexibility index (Phi) is 5.23. The van der Waals surface area contributed by atoms with Crippen LogP contribution in [0, 0.1) is 5.92 Å². The van der Waals surface area contributed by atoms with Crippen molar-refractivity contribution in [1.29, 1.82) is 0 Å². The number of ether oxygens (including phenoxy) is 1. The van der Waals surface area contributed by atoms with Crippen LogP contribution in [0.15, 0.2) is 54.6 Å². The molecule has 3 heteroatoms. The molecule has 0 saturated heterocycles. The molecule has 0 fully saturated rings. The minimum atomic E-state index is -0.452. The normalized spacial score (nSPS) is 13.5. The fraction of sp³-hybridized carbons (Fsp3) is 0.333. The van der Waals surface area contributed by atoms with Crippen LogP contribution >= 0.6 is 0 Å². The molecule has 0 aliphatic heterocycles. The van der Waals surface area contributed by atoms with Crippen molar-refractivity contribution in [2.75, 3.05) is 25.6 Å². The van der Waals surface area contributed by atoms with Gasteiger partial charge in [0.05, 0.1) is 13.2 Å². The number of anilines is 1. The first-order chi connectivity index (χ1) is 10.1. The van der Waals surface area contributed by atoms with Crippen molar-refractivity contribution in [2.45, 2.75) is 13.0 Å². The van der Waals surface area contributed by atoms with E-state index in [1.165, 1.54) is 0 Å². The Morgan fingerprint density at radius 3 is 2.24 bits per heavy atom. The average Bonchev–Trinajstić information content (AvgIpc) is 2.55. The van der Waals surface area contributed by atoms with Crippen LogP contribution in [0.5, 0.6) is 5.75 Å². The number of methoxy groups -OCH3 is 1. The number of aliphatic hydroxyl groups excluding tert-OH is 1. The summed E-state index contributed by atoms with van der Waals surface area (Å²) in [5.41, 5.74) is 2.08. The lowest BCUT2D eigenvalue weighted by molar-refractivity contribution is 0.121. The molecule has 1 N–H and O–H groups in total. The molecule has 2 aromatic rings. The third kappa shape index (κ3) is 3.99. The number of nitrogens with zero attached hydrogens (tertiary/aromatic N) is 1. The molecular formula is C18H23NO2. The Hall–Kier alpha value is -2.00. The Morgan fingerprint density at radius 2 is 1.67 bits per heavy atom. The summed E-state index contributed by atoms with van der Waals surface area (Å²) in [5.74, 6) is 0.990. The van der Waals surface area contributed by atoms with Crippen molar-refractivity contribution < 1.29 is 9.84 Å². The lowest BCUT2D eigenvalue weighted by Gasteiger charge is -2.27. The average molecular weight is 285 g/mol. The molecule has 112 valence electrons. The number of hydrogen-bond acceptors (Lipinski definition) is 3. The molecule has 2 atom stereocenters. The molecular weight excluding hydrogens is 262 g/mol. The van der Waals surface area contributed by atoms with Gasteiger partial charge < -0.3 is 14.7 Å². The maximum atomic E-state index is 10.4. The molecule has 21 heavy (non-hydrogen) atoms. The lowest BCUT2D eigenvalue weighted by atomic mass is 9.97. The Bertz CT molecular complexity index is 539. The molecule has 2 rings (SSSR count). The van der Waals surface area contributed by atoms with Crippen LogP contribution in [0.25, 0.3) is 0 Å². The molecule has 0 saturated carbocycles. The van der Waals surface area contributed by atoms with Crippen LogP contribution in [0.1, 0.15) is 18.6 Å². The van der Waals surface area contributed by atoms with Crippen LogP contribution in [0.4, 0.5) is 5.69 Å². The van der Waals surface area contributed by atoms with Gasteiger partial charge in [0.25, 0.3) is 0 Å². The van der Waals surface area contributed by atoms with E-state index in [1.54, 1.807) is 7.11 Å². The van der Waals surface area contributed by atoms with Gasteiger partial charge >= 0.3 is 0 Å². The van der Waals surface area contributed by atoms with Crippen molar-refractivity contribution >= 4 is 5.69 Å². The summed E-state index contributed by atoms with van der Waals surface area (Å²) in [7, 11) is 3.70. The van der Waals surface area contributed by atoms with E-state index < -0.39 is 6.10 Å². The molecule has 0 aliphatic rings. The van der Waals surface area contributed by atoms with Gasteiger partial charge in [0.2, 0.25) is 0 Å². The van der Waals surface area contributed by atoms with Crippen LogP contribution < -0.4 is 9.64 Å². The van der Waals surface area contributed by atoms with E-state index in [0.717, 1.165) is 23.5 Å². The third-order valence-electron chi connectivity index (χ3n) is 3.76. The second-order valence-corrected chi connectivity index (χ2v) is 5.41. The highest BCUT2D eigenvalue weighted by molar-refractivity contribution is 5.48. The van der Waals surface area contributed by atoms with Gasteiger partial charge in [0.15, 0.2) is 0 Å². The fourth-order valence-electron chi connectivity index (χ4n) is 2.45. The van der Waals surface area contributed by atoms with Gasteiger partial charge in [-0.15, -0.1) is 0 Å². The highest BCUT2D eigenvalue weighted by Crippen LogP contribution is 2.25. The van der Waals surface area contributed by atoms with E-state index in [4.69, 9.17) is 4.74 Å². The lowest BCUT2D eigenvalue weighted by Crippen LogP contribution is -2.27. The van der Waals surface area contributed by atoms with Crippen LogP contribution in [-0.4, -0.2) is 25.8 Å². The molecule has 2 unspecified atom stereocenters. The Balaban J connectivity index is 1.99. The van der Waals surface area contributed by atoms with Gasteiger partial charge in [0.1, 0.15) is 5.75 Å². The van der Waals surface area contributed by atoms with Gasteiger partial charge in [0, 0.05) is 25.2 Å². The summed E-state index contributed by atoms with van der Waals surface area (Å²) in [6, 6.07) is 17.8. The van der Waals surface area contributed by atoms with Crippen molar-refractivity contribution in [1.82, 2.24) is 0 Å². The van der Waals surface area contributed by atoms with E-state index in [2.05, 4.69) is 11.8 Å². The minimum absolute atomic E-state index is 0.138. The standard InChI is InChI=1S/C18H23NO2/c1-14(18(20)15-7-5-4-6-8-15)13-19(2)16-9-11-17(21-3)12-10-16/h4-12,14,18,20H,13H2,1-3H3. The first kappa shape index (κ1) is 15.4. The first-order valence-corrected chi connectivity index (χ1v) is 7.20. The maximum absolute atomic E-state index is 10.4. The molecule has 3 nitrogen and oxygen atoms in total. The number of benzene rings is 2. The fourth-order valence-corrected chi connectivity index (χ4v) is 2.45. The van der Waals surface area contributed by atoms with E-state index in [-0.39, 0.29) is 5.92 Å². The molecule has 0 spiro atoms. The summed E-state index contributed by atoms with van der Waals surface area (Å²) in [4.78, 5) is 2.15. The smallest absolute Gasteiger partial charge is 0.119 e. The van der Waals surface area contributed by atoms with Crippen LogP contribution in [0.2, 0.25) is 0 Å². The number of rotatable bonds is 6. The largest absolute Gasteiger partial charge is 0.497 e. The minimum Gasteiger partial charge on any atom is -0.497 e. The highest BCUT2D eigenvalue weighted by atomic mass is 16.5. The van der Waals surface area contributed by atoms with Crippen molar-refractivity contribution in [2.24, 2.45) is 5.92 Å². The topological polar surface area (TPSA) is 32.7 Å². The predicted molar refractivity (Wildman–Crippen MR) is 86.8 cm³/mol. The van der Waals surface area contributed by atoms with E-state index >= 15 is 0 Å². The maximum Gasteiger partial charge on any atom is 0.119 e. The van der Waals surface area contributed by atoms with E-state index in [9.17, 15) is 5.11 Å². The van der Waals surface area contributed by atoms with Crippen molar-refractivity contribution in [3.63, 3.8) is 0 Å². The van der Waals surface area contributed by atoms with Gasteiger partial charge in [-0.3, -0.25) is 0 Å². The zero-order chi connectivity index (χ0) is 15.2. The van der Waals surface area contributed by atoms with E-state index in [0.29, 0.717) is 0 Å². The summed E-state index contributed by atoms with van der Waals surface area (Å²) in [5, 5.41) is 10.4. The van der Waals surface area contributed by atoms with Gasteiger partial charge in [-0.05, 0) is 29.8 Å². The van der Waals surface area contributed by atoms with Gasteiger partial charge in [-0.1, -0.05) is 37.3 Å². The second-order valence-electron chi connectivity index (χ2n) is 5.41. The molecule has 0 heterocycles. The number of aliphatic hydroxyl groups is 1. The van der Waals surface area contributed by atoms with E-state index in [1.807, 2.05) is 61.6 Å². The SMILES string of the molecule is COc1ccc(N(C)CC(C)C(O)c2ccccc2)cc1. The molecule has 0 aromatic heterocycles. The first-order valence-electron chi connectivity index (χ1n) is 7.20. The van der Waals surface area contributed by atoms with Crippen LogP contribution in [-0.2, 0) is 0 Å². The number of hydrogen-bond donors (Lipinski definition) is 1. The molecule has 2 aromatic carbocycles. The monoisotopic (exact) mass is 285 g/mol. The van der Waals surface area contributed by atoms with Crippen LogP contribution in [0.3, 0.4) is 0 Å². The second kappa shape index (κ2) is 7.14.